The minimum absolute atomic E-state index is 0.0383. The van der Waals surface area contributed by atoms with Crippen LogP contribution in [0.5, 0.6) is 0 Å². The first-order chi connectivity index (χ1) is 11.1. The highest BCUT2D eigenvalue weighted by Crippen LogP contribution is 2.13. The Morgan fingerprint density at radius 3 is 2.91 bits per heavy atom. The number of amides is 1. The summed E-state index contributed by atoms with van der Waals surface area (Å²) in [6.45, 7) is 4.54. The number of rotatable bonds is 5. The van der Waals surface area contributed by atoms with Crippen molar-refractivity contribution >= 4 is 16.8 Å². The van der Waals surface area contributed by atoms with Crippen LogP contribution in [0, 0.1) is 13.8 Å². The molecule has 23 heavy (non-hydrogen) atoms. The Hall–Kier alpha value is -2.69. The van der Waals surface area contributed by atoms with Gasteiger partial charge in [-0.05, 0) is 43.2 Å². The van der Waals surface area contributed by atoms with Gasteiger partial charge in [0.05, 0.1) is 11.2 Å². The molecule has 0 bridgehead atoms. The molecular weight excluding hydrogens is 288 g/mol. The first kappa shape index (κ1) is 15.2. The maximum atomic E-state index is 12.0. The van der Waals surface area contributed by atoms with Crippen LogP contribution in [0.25, 0.3) is 10.9 Å². The molecule has 0 aliphatic heterocycles. The molecule has 0 aliphatic carbocycles. The Morgan fingerprint density at radius 2 is 2.13 bits per heavy atom. The lowest BCUT2D eigenvalue weighted by atomic mass is 10.1. The van der Waals surface area contributed by atoms with Gasteiger partial charge in [0.1, 0.15) is 0 Å². The van der Waals surface area contributed by atoms with Gasteiger partial charge in [-0.15, -0.1) is 0 Å². The summed E-state index contributed by atoms with van der Waals surface area (Å²) in [7, 11) is 0. The molecule has 1 aromatic carbocycles. The van der Waals surface area contributed by atoms with Crippen molar-refractivity contribution < 1.29 is 4.79 Å². The highest BCUT2D eigenvalue weighted by molar-refractivity contribution is 5.79. The van der Waals surface area contributed by atoms with Crippen LogP contribution in [-0.4, -0.2) is 21.1 Å². The highest BCUT2D eigenvalue weighted by atomic mass is 16.1. The normalized spacial score (nSPS) is 10.9. The van der Waals surface area contributed by atoms with Gasteiger partial charge in [-0.1, -0.05) is 12.1 Å². The van der Waals surface area contributed by atoms with Gasteiger partial charge in [-0.25, -0.2) is 0 Å². The molecule has 2 aromatic heterocycles. The molecule has 0 saturated carbocycles. The Labute approximate surface area is 135 Å². The largest absolute Gasteiger partial charge is 0.352 e. The van der Waals surface area contributed by atoms with E-state index >= 15 is 0 Å². The molecule has 0 radical (unpaired) electrons. The molecule has 2 N–H and O–H groups in total. The molecule has 5 heteroatoms. The van der Waals surface area contributed by atoms with Crippen LogP contribution in [0.1, 0.15) is 28.9 Å². The third-order valence-corrected chi connectivity index (χ3v) is 4.10. The second-order valence-electron chi connectivity index (χ2n) is 5.73. The summed E-state index contributed by atoms with van der Waals surface area (Å²) in [5.74, 6) is 0.0383. The van der Waals surface area contributed by atoms with Gasteiger partial charge < -0.3 is 5.32 Å². The minimum atomic E-state index is 0.0383. The number of aryl methyl sites for hydroxylation is 2. The number of nitrogens with zero attached hydrogens (tertiary/aromatic N) is 2. The summed E-state index contributed by atoms with van der Waals surface area (Å²) in [5, 5.41) is 11.2. The SMILES string of the molecule is Cc1[nH]nc(CCC(=O)NCc2ccc3ncccc3c2)c1C. The number of carbonyl (C=O) groups is 1. The average Bonchev–Trinajstić information content (AvgIpc) is 2.89. The Balaban J connectivity index is 1.54. The van der Waals surface area contributed by atoms with E-state index in [1.54, 1.807) is 6.20 Å². The summed E-state index contributed by atoms with van der Waals surface area (Å²) in [4.78, 5) is 16.3. The molecule has 0 unspecified atom stereocenters. The molecule has 0 spiro atoms. The van der Waals surface area contributed by atoms with Crippen LogP contribution < -0.4 is 5.32 Å². The van der Waals surface area contributed by atoms with E-state index in [0.717, 1.165) is 33.4 Å². The molecule has 2 heterocycles. The molecule has 0 saturated heterocycles. The third-order valence-electron chi connectivity index (χ3n) is 4.10. The Morgan fingerprint density at radius 1 is 1.26 bits per heavy atom. The van der Waals surface area contributed by atoms with Crippen LogP contribution in [0.15, 0.2) is 36.5 Å². The molecule has 0 fully saturated rings. The molecule has 118 valence electrons. The van der Waals surface area contributed by atoms with Gasteiger partial charge in [0.2, 0.25) is 5.91 Å². The highest BCUT2D eigenvalue weighted by Gasteiger charge is 2.08. The smallest absolute Gasteiger partial charge is 0.220 e. The number of nitrogens with one attached hydrogen (secondary N) is 2. The van der Waals surface area contributed by atoms with Gasteiger partial charge in [0, 0.05) is 36.7 Å². The number of carbonyl (C=O) groups excluding carboxylic acids is 1. The molecule has 1 amide bonds. The predicted molar refractivity (Wildman–Crippen MR) is 90.0 cm³/mol. The van der Waals surface area contributed by atoms with E-state index in [-0.39, 0.29) is 5.91 Å². The number of hydrogen-bond donors (Lipinski definition) is 2. The average molecular weight is 308 g/mol. The van der Waals surface area contributed by atoms with Crippen molar-refractivity contribution in [3.8, 4) is 0 Å². The van der Waals surface area contributed by atoms with Crippen molar-refractivity contribution in [2.45, 2.75) is 33.2 Å². The molecule has 5 nitrogen and oxygen atoms in total. The monoisotopic (exact) mass is 308 g/mol. The van der Waals surface area contributed by atoms with Gasteiger partial charge in [-0.3, -0.25) is 14.9 Å². The van der Waals surface area contributed by atoms with E-state index in [4.69, 9.17) is 0 Å². The van der Waals surface area contributed by atoms with Gasteiger partial charge in [0.25, 0.3) is 0 Å². The number of hydrogen-bond acceptors (Lipinski definition) is 3. The van der Waals surface area contributed by atoms with Crippen LogP contribution in [0.3, 0.4) is 0 Å². The molecule has 3 aromatic rings. The van der Waals surface area contributed by atoms with Gasteiger partial charge in [-0.2, -0.15) is 5.10 Å². The van der Waals surface area contributed by atoms with Crippen LogP contribution >= 0.6 is 0 Å². The number of pyridine rings is 1. The van der Waals surface area contributed by atoms with E-state index in [2.05, 4.69) is 26.6 Å². The minimum Gasteiger partial charge on any atom is -0.352 e. The van der Waals surface area contributed by atoms with E-state index in [1.807, 2.05) is 38.1 Å². The summed E-state index contributed by atoms with van der Waals surface area (Å²) >= 11 is 0. The molecule has 0 aliphatic rings. The molecule has 0 atom stereocenters. The van der Waals surface area contributed by atoms with E-state index in [1.165, 1.54) is 0 Å². The van der Waals surface area contributed by atoms with Crippen molar-refractivity contribution in [3.63, 3.8) is 0 Å². The van der Waals surface area contributed by atoms with Crippen molar-refractivity contribution in [2.24, 2.45) is 0 Å². The fourth-order valence-electron chi connectivity index (χ4n) is 2.53. The first-order valence-electron chi connectivity index (χ1n) is 7.74. The first-order valence-corrected chi connectivity index (χ1v) is 7.74. The molecular formula is C18H20N4O. The maximum Gasteiger partial charge on any atom is 0.220 e. The number of fused-ring (bicyclic) bond motifs is 1. The van der Waals surface area contributed by atoms with E-state index < -0.39 is 0 Å². The standard InChI is InChI=1S/C18H20N4O/c1-12-13(2)21-22-16(12)7-8-18(23)20-11-14-5-6-17-15(10-14)4-3-9-19-17/h3-6,9-10H,7-8,11H2,1-2H3,(H,20,23)(H,21,22). The number of H-pyrrole nitrogens is 1. The van der Waals surface area contributed by atoms with Crippen LogP contribution in [0.4, 0.5) is 0 Å². The topological polar surface area (TPSA) is 70.7 Å². The van der Waals surface area contributed by atoms with Gasteiger partial charge in [0.15, 0.2) is 0 Å². The zero-order valence-corrected chi connectivity index (χ0v) is 13.4. The lowest BCUT2D eigenvalue weighted by Crippen LogP contribution is -2.23. The van der Waals surface area contributed by atoms with E-state index in [9.17, 15) is 4.79 Å². The number of aromatic amines is 1. The number of aromatic nitrogens is 3. The third kappa shape index (κ3) is 3.56. The summed E-state index contributed by atoms with van der Waals surface area (Å²) in [6, 6.07) is 9.97. The Bertz CT molecular complexity index is 838. The lowest BCUT2D eigenvalue weighted by Gasteiger charge is -2.06. The van der Waals surface area contributed by atoms with Crippen molar-refractivity contribution in [1.29, 1.82) is 0 Å². The molecule has 3 rings (SSSR count). The zero-order chi connectivity index (χ0) is 16.2. The summed E-state index contributed by atoms with van der Waals surface area (Å²) in [5.41, 5.74) is 5.21. The van der Waals surface area contributed by atoms with Crippen molar-refractivity contribution in [2.75, 3.05) is 0 Å². The maximum absolute atomic E-state index is 12.0. The fourth-order valence-corrected chi connectivity index (χ4v) is 2.53. The van der Waals surface area contributed by atoms with Crippen LogP contribution in [0.2, 0.25) is 0 Å². The summed E-state index contributed by atoms with van der Waals surface area (Å²) < 4.78 is 0. The van der Waals surface area contributed by atoms with Crippen molar-refractivity contribution in [1.82, 2.24) is 20.5 Å². The lowest BCUT2D eigenvalue weighted by molar-refractivity contribution is -0.121. The zero-order valence-electron chi connectivity index (χ0n) is 13.4. The second-order valence-corrected chi connectivity index (χ2v) is 5.73. The van der Waals surface area contributed by atoms with Crippen molar-refractivity contribution in [3.05, 3.63) is 59.0 Å². The quantitative estimate of drug-likeness (QED) is 0.761. The van der Waals surface area contributed by atoms with Crippen LogP contribution in [-0.2, 0) is 17.8 Å². The number of benzene rings is 1. The van der Waals surface area contributed by atoms with Gasteiger partial charge >= 0.3 is 0 Å². The Kier molecular flexibility index (Phi) is 4.37. The summed E-state index contributed by atoms with van der Waals surface area (Å²) in [6.07, 6.45) is 2.88. The van der Waals surface area contributed by atoms with E-state index in [0.29, 0.717) is 19.4 Å². The fraction of sp³-hybridized carbons (Fsp3) is 0.278. The second kappa shape index (κ2) is 6.60. The predicted octanol–water partition coefficient (Wildman–Crippen LogP) is 2.82.